The third-order valence-electron chi connectivity index (χ3n) is 6.03. The number of nitrogens with one attached hydrogen (secondary N) is 2. The molecular weight excluding hydrogens is 505 g/mol. The van der Waals surface area contributed by atoms with Crippen LogP contribution in [0.2, 0.25) is 0 Å². The van der Waals surface area contributed by atoms with Crippen molar-refractivity contribution in [3.8, 4) is 5.75 Å². The van der Waals surface area contributed by atoms with Gasteiger partial charge in [0.15, 0.2) is 5.96 Å². The SMILES string of the molecule is CCNC(=NCC(c1ccc(OC)cc1)N1CCCC1)NC1CCN(C(=O)CC)C1.I. The summed E-state index contributed by atoms with van der Waals surface area (Å²) in [6, 6.07) is 8.89. The molecule has 2 saturated heterocycles. The normalized spacial score (nSPS) is 20.3. The van der Waals surface area contributed by atoms with E-state index in [1.54, 1.807) is 7.11 Å². The molecule has 8 heteroatoms. The Morgan fingerprint density at radius 3 is 2.52 bits per heavy atom. The Bertz CT molecular complexity index is 706. The lowest BCUT2D eigenvalue weighted by atomic mass is 10.1. The maximum Gasteiger partial charge on any atom is 0.222 e. The van der Waals surface area contributed by atoms with Crippen molar-refractivity contribution < 1.29 is 9.53 Å². The molecular formula is C23H38IN5O2. The van der Waals surface area contributed by atoms with E-state index in [4.69, 9.17) is 9.73 Å². The maximum absolute atomic E-state index is 12.0. The van der Waals surface area contributed by atoms with Crippen LogP contribution in [-0.4, -0.2) is 74.1 Å². The van der Waals surface area contributed by atoms with Gasteiger partial charge in [-0.15, -0.1) is 24.0 Å². The first-order valence-electron chi connectivity index (χ1n) is 11.3. The van der Waals surface area contributed by atoms with Crippen LogP contribution in [0, 0.1) is 0 Å². The zero-order valence-electron chi connectivity index (χ0n) is 19.1. The first kappa shape index (κ1) is 25.7. The van der Waals surface area contributed by atoms with Crippen molar-refractivity contribution in [2.24, 2.45) is 4.99 Å². The molecule has 0 radical (unpaired) electrons. The van der Waals surface area contributed by atoms with E-state index in [9.17, 15) is 4.79 Å². The third kappa shape index (κ3) is 7.24. The van der Waals surface area contributed by atoms with Gasteiger partial charge in [0.2, 0.25) is 5.91 Å². The summed E-state index contributed by atoms with van der Waals surface area (Å²) in [5.74, 6) is 1.95. The van der Waals surface area contributed by atoms with E-state index in [1.165, 1.54) is 18.4 Å². The summed E-state index contributed by atoms with van der Waals surface area (Å²) in [5, 5.41) is 6.93. The number of methoxy groups -OCH3 is 1. The Hall–Kier alpha value is -1.55. The van der Waals surface area contributed by atoms with Gasteiger partial charge in [0.25, 0.3) is 0 Å². The highest BCUT2D eigenvalue weighted by atomic mass is 127. The molecule has 31 heavy (non-hydrogen) atoms. The van der Waals surface area contributed by atoms with Crippen LogP contribution in [-0.2, 0) is 4.79 Å². The van der Waals surface area contributed by atoms with E-state index < -0.39 is 0 Å². The molecule has 2 aliphatic rings. The second-order valence-corrected chi connectivity index (χ2v) is 8.07. The maximum atomic E-state index is 12.0. The van der Waals surface area contributed by atoms with Gasteiger partial charge in [-0.05, 0) is 57.0 Å². The molecule has 7 nitrogen and oxygen atoms in total. The van der Waals surface area contributed by atoms with Crippen LogP contribution in [0.15, 0.2) is 29.3 Å². The second kappa shape index (κ2) is 13.1. The first-order chi connectivity index (χ1) is 14.6. The van der Waals surface area contributed by atoms with Crippen LogP contribution in [0.25, 0.3) is 0 Å². The second-order valence-electron chi connectivity index (χ2n) is 8.07. The lowest BCUT2D eigenvalue weighted by Gasteiger charge is -2.27. The predicted octanol–water partition coefficient (Wildman–Crippen LogP) is 3.02. The molecule has 1 aromatic carbocycles. The fourth-order valence-corrected chi connectivity index (χ4v) is 4.33. The van der Waals surface area contributed by atoms with Crippen molar-refractivity contribution >= 4 is 35.8 Å². The highest BCUT2D eigenvalue weighted by Crippen LogP contribution is 2.27. The Balaban J connectivity index is 0.00000341. The fourth-order valence-electron chi connectivity index (χ4n) is 4.33. The van der Waals surface area contributed by atoms with Crippen LogP contribution in [0.1, 0.15) is 51.1 Å². The average Bonchev–Trinajstić information content (AvgIpc) is 3.46. The lowest BCUT2D eigenvalue weighted by molar-refractivity contribution is -0.129. The highest BCUT2D eigenvalue weighted by Gasteiger charge is 2.27. The van der Waals surface area contributed by atoms with E-state index in [2.05, 4.69) is 34.6 Å². The van der Waals surface area contributed by atoms with Crippen molar-refractivity contribution in [3.63, 3.8) is 0 Å². The minimum atomic E-state index is 0. The van der Waals surface area contributed by atoms with Gasteiger partial charge >= 0.3 is 0 Å². The standard InChI is InChI=1S/C23H37N5O2.HI/c1-4-22(29)28-15-12-19(17-28)26-23(24-5-2)25-16-21(27-13-6-7-14-27)18-8-10-20(30-3)11-9-18;/h8-11,19,21H,4-7,12-17H2,1-3H3,(H2,24,25,26);1H. The molecule has 2 atom stereocenters. The van der Waals surface area contributed by atoms with E-state index in [0.717, 1.165) is 50.9 Å². The molecule has 0 saturated carbocycles. The van der Waals surface area contributed by atoms with Crippen LogP contribution < -0.4 is 15.4 Å². The number of carbonyl (C=O) groups excluding carboxylic acids is 1. The summed E-state index contributed by atoms with van der Waals surface area (Å²) in [6.07, 6.45) is 4.03. The van der Waals surface area contributed by atoms with Crippen molar-refractivity contribution in [2.75, 3.05) is 46.4 Å². The summed E-state index contributed by atoms with van der Waals surface area (Å²) < 4.78 is 5.32. The Morgan fingerprint density at radius 2 is 1.90 bits per heavy atom. The number of likely N-dealkylation sites (tertiary alicyclic amines) is 2. The number of benzene rings is 1. The van der Waals surface area contributed by atoms with E-state index in [-0.39, 0.29) is 42.0 Å². The topological polar surface area (TPSA) is 69.2 Å². The van der Waals surface area contributed by atoms with E-state index in [0.29, 0.717) is 13.0 Å². The number of rotatable bonds is 8. The number of guanidine groups is 1. The number of aliphatic imine (C=N–C) groups is 1. The van der Waals surface area contributed by atoms with Crippen LogP contribution in [0.5, 0.6) is 5.75 Å². The number of hydrogen-bond acceptors (Lipinski definition) is 4. The summed E-state index contributed by atoms with van der Waals surface area (Å²) in [7, 11) is 1.70. The van der Waals surface area contributed by atoms with Gasteiger partial charge in [0, 0.05) is 32.1 Å². The fraction of sp³-hybridized carbons (Fsp3) is 0.652. The smallest absolute Gasteiger partial charge is 0.222 e. The summed E-state index contributed by atoms with van der Waals surface area (Å²) in [6.45, 7) is 9.34. The number of carbonyl (C=O) groups is 1. The zero-order chi connectivity index (χ0) is 21.3. The lowest BCUT2D eigenvalue weighted by Crippen LogP contribution is -2.45. The number of amides is 1. The molecule has 2 heterocycles. The number of nitrogens with zero attached hydrogens (tertiary/aromatic N) is 3. The Labute approximate surface area is 204 Å². The number of hydrogen-bond donors (Lipinski definition) is 2. The molecule has 1 amide bonds. The van der Waals surface area contributed by atoms with Gasteiger partial charge in [0.05, 0.1) is 19.7 Å². The molecule has 174 valence electrons. The van der Waals surface area contributed by atoms with Crippen molar-refractivity contribution in [1.82, 2.24) is 20.4 Å². The highest BCUT2D eigenvalue weighted by molar-refractivity contribution is 14.0. The molecule has 0 aromatic heterocycles. The number of halogens is 1. The van der Waals surface area contributed by atoms with Crippen molar-refractivity contribution in [1.29, 1.82) is 0 Å². The molecule has 2 aliphatic heterocycles. The Kier molecular flexibility index (Phi) is 10.9. The van der Waals surface area contributed by atoms with E-state index >= 15 is 0 Å². The third-order valence-corrected chi connectivity index (χ3v) is 6.03. The van der Waals surface area contributed by atoms with Gasteiger partial charge in [0.1, 0.15) is 5.75 Å². The molecule has 2 fully saturated rings. The summed E-state index contributed by atoms with van der Waals surface area (Å²) >= 11 is 0. The molecule has 0 spiro atoms. The number of ether oxygens (including phenoxy) is 1. The zero-order valence-corrected chi connectivity index (χ0v) is 21.4. The van der Waals surface area contributed by atoms with Crippen molar-refractivity contribution in [2.45, 2.75) is 51.6 Å². The van der Waals surface area contributed by atoms with Gasteiger partial charge in [-0.2, -0.15) is 0 Å². The molecule has 1 aromatic rings. The summed E-state index contributed by atoms with van der Waals surface area (Å²) in [5.41, 5.74) is 1.28. The minimum Gasteiger partial charge on any atom is -0.497 e. The Morgan fingerprint density at radius 1 is 1.19 bits per heavy atom. The van der Waals surface area contributed by atoms with E-state index in [1.807, 2.05) is 24.0 Å². The summed E-state index contributed by atoms with van der Waals surface area (Å²) in [4.78, 5) is 21.4. The quantitative estimate of drug-likeness (QED) is 0.300. The molecule has 3 rings (SSSR count). The van der Waals surface area contributed by atoms with Gasteiger partial charge in [-0.1, -0.05) is 19.1 Å². The van der Waals surface area contributed by atoms with Gasteiger partial charge in [-0.25, -0.2) is 0 Å². The predicted molar refractivity (Wildman–Crippen MR) is 136 cm³/mol. The molecule has 0 aliphatic carbocycles. The van der Waals surface area contributed by atoms with Crippen LogP contribution >= 0.6 is 24.0 Å². The minimum absolute atomic E-state index is 0. The average molecular weight is 543 g/mol. The molecule has 2 unspecified atom stereocenters. The molecule has 0 bridgehead atoms. The molecule has 2 N–H and O–H groups in total. The monoisotopic (exact) mass is 543 g/mol. The largest absolute Gasteiger partial charge is 0.497 e. The van der Waals surface area contributed by atoms with Crippen LogP contribution in [0.3, 0.4) is 0 Å². The van der Waals surface area contributed by atoms with Gasteiger partial charge < -0.3 is 20.3 Å². The van der Waals surface area contributed by atoms with Gasteiger partial charge in [-0.3, -0.25) is 14.7 Å². The first-order valence-corrected chi connectivity index (χ1v) is 11.3. The van der Waals surface area contributed by atoms with Crippen molar-refractivity contribution in [3.05, 3.63) is 29.8 Å². The van der Waals surface area contributed by atoms with Crippen LogP contribution in [0.4, 0.5) is 0 Å².